The van der Waals surface area contributed by atoms with Crippen molar-refractivity contribution < 1.29 is 14.3 Å². The third-order valence-electron chi connectivity index (χ3n) is 4.06. The normalized spacial score (nSPS) is 11.0. The fourth-order valence-corrected chi connectivity index (χ4v) is 2.68. The van der Waals surface area contributed by atoms with Gasteiger partial charge in [-0.3, -0.25) is 19.6 Å². The number of aromatic amines is 1. The number of carbonyl (C=O) groups excluding carboxylic acids is 2. The molecule has 1 aromatic carbocycles. The maximum atomic E-state index is 12.2. The van der Waals surface area contributed by atoms with Crippen molar-refractivity contribution in [3.05, 3.63) is 30.5 Å². The molecule has 0 saturated heterocycles. The minimum absolute atomic E-state index is 0.0102. The maximum absolute atomic E-state index is 12.2. The van der Waals surface area contributed by atoms with Gasteiger partial charge in [-0.05, 0) is 38.1 Å². The highest BCUT2D eigenvalue weighted by atomic mass is 16.5. The number of rotatable bonds is 7. The summed E-state index contributed by atoms with van der Waals surface area (Å²) in [5.74, 6) is 0.723. The van der Waals surface area contributed by atoms with Gasteiger partial charge in [0.05, 0.1) is 11.6 Å². The highest BCUT2D eigenvalue weighted by Gasteiger charge is 2.17. The van der Waals surface area contributed by atoms with Crippen LogP contribution >= 0.6 is 0 Å². The van der Waals surface area contributed by atoms with Gasteiger partial charge in [0.15, 0.2) is 5.82 Å². The van der Waals surface area contributed by atoms with E-state index >= 15 is 0 Å². The zero-order valence-corrected chi connectivity index (χ0v) is 16.0. The van der Waals surface area contributed by atoms with Gasteiger partial charge < -0.3 is 10.5 Å². The van der Waals surface area contributed by atoms with Crippen molar-refractivity contribution in [2.75, 3.05) is 11.9 Å². The number of aromatic nitrogens is 4. The molecule has 0 aliphatic heterocycles. The van der Waals surface area contributed by atoms with E-state index in [1.807, 2.05) is 32.0 Å². The fraction of sp³-hybridized carbons (Fsp3) is 0.316. The molecular weight excluding hydrogens is 360 g/mol. The van der Waals surface area contributed by atoms with Gasteiger partial charge in [-0.2, -0.15) is 5.10 Å². The molecule has 0 aliphatic rings. The van der Waals surface area contributed by atoms with Crippen LogP contribution in [0.15, 0.2) is 30.5 Å². The summed E-state index contributed by atoms with van der Waals surface area (Å²) in [6.07, 6.45) is 1.62. The minimum Gasteiger partial charge on any atom is -0.491 e. The van der Waals surface area contributed by atoms with Crippen LogP contribution in [0.3, 0.4) is 0 Å². The van der Waals surface area contributed by atoms with Crippen molar-refractivity contribution in [1.82, 2.24) is 20.2 Å². The molecule has 0 atom stereocenters. The van der Waals surface area contributed by atoms with Crippen molar-refractivity contribution in [2.45, 2.75) is 32.8 Å². The number of primary amides is 1. The van der Waals surface area contributed by atoms with Crippen molar-refractivity contribution in [1.29, 1.82) is 0 Å². The van der Waals surface area contributed by atoms with Gasteiger partial charge in [0.1, 0.15) is 17.3 Å². The van der Waals surface area contributed by atoms with Gasteiger partial charge in [0, 0.05) is 31.5 Å². The zero-order chi connectivity index (χ0) is 20.3. The molecule has 2 heterocycles. The number of benzene rings is 1. The summed E-state index contributed by atoms with van der Waals surface area (Å²) in [4.78, 5) is 33.2. The number of hydrogen-bond donors (Lipinski definition) is 2. The van der Waals surface area contributed by atoms with Crippen LogP contribution in [0.25, 0.3) is 22.4 Å². The first-order valence-electron chi connectivity index (χ1n) is 8.88. The molecule has 0 spiro atoms. The van der Waals surface area contributed by atoms with E-state index in [9.17, 15) is 9.59 Å². The van der Waals surface area contributed by atoms with Crippen molar-refractivity contribution >= 4 is 28.5 Å². The number of nitrogens with one attached hydrogen (secondary N) is 1. The quantitative estimate of drug-likeness (QED) is 0.644. The first kappa shape index (κ1) is 19.3. The van der Waals surface area contributed by atoms with E-state index in [4.69, 9.17) is 10.5 Å². The topological polar surface area (TPSA) is 127 Å². The average Bonchev–Trinajstić information content (AvgIpc) is 3.08. The van der Waals surface area contributed by atoms with Crippen LogP contribution in [0.5, 0.6) is 5.75 Å². The van der Waals surface area contributed by atoms with E-state index in [1.165, 1.54) is 4.90 Å². The standard InChI is InChI=1S/C19H22N6O3/c1-11(2)28-12-4-5-14-13(10-12)18(24-23-14)19-21-9-8-16(22-19)25(3)17(27)7-6-15(20)26/h4-5,8-11H,6-7H2,1-3H3,(H2,20,26)(H,23,24). The van der Waals surface area contributed by atoms with E-state index in [1.54, 1.807) is 19.3 Å². The molecule has 9 heteroatoms. The lowest BCUT2D eigenvalue weighted by Crippen LogP contribution is -2.28. The second-order valence-electron chi connectivity index (χ2n) is 6.60. The monoisotopic (exact) mass is 382 g/mol. The van der Waals surface area contributed by atoms with Crippen LogP contribution in [-0.2, 0) is 9.59 Å². The lowest BCUT2D eigenvalue weighted by Gasteiger charge is -2.16. The smallest absolute Gasteiger partial charge is 0.228 e. The Kier molecular flexibility index (Phi) is 5.53. The van der Waals surface area contributed by atoms with Gasteiger partial charge in [-0.1, -0.05) is 0 Å². The third-order valence-corrected chi connectivity index (χ3v) is 4.06. The molecule has 3 aromatic rings. The molecule has 2 aromatic heterocycles. The van der Waals surface area contributed by atoms with Gasteiger partial charge >= 0.3 is 0 Å². The lowest BCUT2D eigenvalue weighted by atomic mass is 10.2. The number of nitrogens with zero attached hydrogens (tertiary/aromatic N) is 4. The molecule has 0 unspecified atom stereocenters. The Balaban J connectivity index is 1.91. The average molecular weight is 382 g/mol. The Morgan fingerprint density at radius 1 is 1.25 bits per heavy atom. The Hall–Kier alpha value is -3.49. The molecule has 0 radical (unpaired) electrons. The van der Waals surface area contributed by atoms with Crippen LogP contribution in [0.2, 0.25) is 0 Å². The number of carbonyl (C=O) groups is 2. The number of H-pyrrole nitrogens is 1. The number of amides is 2. The summed E-state index contributed by atoms with van der Waals surface area (Å²) in [6, 6.07) is 7.25. The van der Waals surface area contributed by atoms with Gasteiger partial charge in [0.2, 0.25) is 11.8 Å². The Morgan fingerprint density at radius 2 is 2.04 bits per heavy atom. The van der Waals surface area contributed by atoms with E-state index in [2.05, 4.69) is 20.2 Å². The molecule has 0 fully saturated rings. The predicted octanol–water partition coefficient (Wildman–Crippen LogP) is 2.04. The van der Waals surface area contributed by atoms with Gasteiger partial charge in [-0.25, -0.2) is 9.97 Å². The molecule has 9 nitrogen and oxygen atoms in total. The zero-order valence-electron chi connectivity index (χ0n) is 16.0. The predicted molar refractivity (Wildman–Crippen MR) is 105 cm³/mol. The maximum Gasteiger partial charge on any atom is 0.228 e. The molecule has 2 amide bonds. The van der Waals surface area contributed by atoms with E-state index in [-0.39, 0.29) is 24.9 Å². The van der Waals surface area contributed by atoms with Gasteiger partial charge in [0.25, 0.3) is 0 Å². The van der Waals surface area contributed by atoms with Crippen LogP contribution in [0, 0.1) is 0 Å². The summed E-state index contributed by atoms with van der Waals surface area (Å²) in [5, 5.41) is 8.09. The molecule has 28 heavy (non-hydrogen) atoms. The molecule has 0 saturated carbocycles. The lowest BCUT2D eigenvalue weighted by molar-refractivity contribution is -0.123. The highest BCUT2D eigenvalue weighted by Crippen LogP contribution is 2.28. The Labute approximate surface area is 161 Å². The summed E-state index contributed by atoms with van der Waals surface area (Å²) in [5.41, 5.74) is 6.49. The fourth-order valence-electron chi connectivity index (χ4n) is 2.68. The van der Waals surface area contributed by atoms with E-state index in [0.29, 0.717) is 17.3 Å². The number of nitrogens with two attached hydrogens (primary N) is 1. The summed E-state index contributed by atoms with van der Waals surface area (Å²) in [7, 11) is 1.59. The second-order valence-corrected chi connectivity index (χ2v) is 6.60. The molecule has 0 aliphatic carbocycles. The van der Waals surface area contributed by atoms with E-state index < -0.39 is 5.91 Å². The largest absolute Gasteiger partial charge is 0.491 e. The number of ether oxygens (including phenoxy) is 1. The van der Waals surface area contributed by atoms with Crippen LogP contribution in [0.4, 0.5) is 5.82 Å². The summed E-state index contributed by atoms with van der Waals surface area (Å²) < 4.78 is 5.75. The number of hydrogen-bond acceptors (Lipinski definition) is 6. The first-order valence-corrected chi connectivity index (χ1v) is 8.88. The number of anilines is 1. The Bertz CT molecular complexity index is 1010. The molecule has 3 rings (SSSR count). The van der Waals surface area contributed by atoms with Gasteiger partial charge in [-0.15, -0.1) is 0 Å². The second kappa shape index (κ2) is 8.03. The summed E-state index contributed by atoms with van der Waals surface area (Å²) in [6.45, 7) is 3.91. The third kappa shape index (κ3) is 4.25. The van der Waals surface area contributed by atoms with E-state index in [0.717, 1.165) is 16.7 Å². The van der Waals surface area contributed by atoms with Crippen LogP contribution < -0.4 is 15.4 Å². The Morgan fingerprint density at radius 3 is 2.75 bits per heavy atom. The molecule has 3 N–H and O–H groups in total. The first-order chi connectivity index (χ1) is 13.3. The van der Waals surface area contributed by atoms with Crippen molar-refractivity contribution in [3.63, 3.8) is 0 Å². The molecule has 146 valence electrons. The van der Waals surface area contributed by atoms with Crippen molar-refractivity contribution in [3.8, 4) is 17.3 Å². The highest BCUT2D eigenvalue weighted by molar-refractivity contribution is 5.95. The minimum atomic E-state index is -0.521. The van der Waals surface area contributed by atoms with Crippen LogP contribution in [-0.4, -0.2) is 45.1 Å². The van der Waals surface area contributed by atoms with Crippen LogP contribution in [0.1, 0.15) is 26.7 Å². The molecular formula is C19H22N6O3. The van der Waals surface area contributed by atoms with Crippen molar-refractivity contribution in [2.24, 2.45) is 5.73 Å². The SMILES string of the molecule is CC(C)Oc1ccc2[nH]nc(-c3nccc(N(C)C(=O)CCC(N)=O)n3)c2c1. The summed E-state index contributed by atoms with van der Waals surface area (Å²) >= 11 is 0. The molecule has 0 bridgehead atoms. The number of fused-ring (bicyclic) bond motifs is 1.